The first-order chi connectivity index (χ1) is 8.74. The number of likely N-dealkylation sites (N-methyl/N-ethyl adjacent to an activating group) is 1. The van der Waals surface area contributed by atoms with Crippen molar-refractivity contribution in [3.05, 3.63) is 30.2 Å². The lowest BCUT2D eigenvalue weighted by atomic mass is 10.1. The van der Waals surface area contributed by atoms with Gasteiger partial charge in [-0.15, -0.1) is 0 Å². The molecule has 0 N–H and O–H groups in total. The number of aromatic nitrogens is 1. The van der Waals surface area contributed by atoms with Gasteiger partial charge in [0.2, 0.25) is 0 Å². The standard InChI is InChI=1S/C13H15N3O2/c1-15-4-6-16(7-5-15)13(17)10-2-3-12-11(8-10)14-9-18-12/h2-3,8-9H,4-7H2,1H3. The number of nitrogens with zero attached hydrogens (tertiary/aromatic N) is 3. The molecule has 1 aromatic carbocycles. The molecule has 94 valence electrons. The van der Waals surface area contributed by atoms with Gasteiger partial charge in [0, 0.05) is 31.7 Å². The molecule has 0 atom stereocenters. The van der Waals surface area contributed by atoms with E-state index in [2.05, 4.69) is 16.9 Å². The highest BCUT2D eigenvalue weighted by atomic mass is 16.3. The van der Waals surface area contributed by atoms with E-state index in [0.29, 0.717) is 11.1 Å². The molecule has 0 bridgehead atoms. The van der Waals surface area contributed by atoms with Gasteiger partial charge in [-0.2, -0.15) is 0 Å². The van der Waals surface area contributed by atoms with Crippen LogP contribution in [0, 0.1) is 0 Å². The number of hydrogen-bond donors (Lipinski definition) is 0. The number of fused-ring (bicyclic) bond motifs is 1. The Bertz CT molecular complexity index is 570. The summed E-state index contributed by atoms with van der Waals surface area (Å²) in [5.41, 5.74) is 2.13. The number of benzene rings is 1. The van der Waals surface area contributed by atoms with Crippen molar-refractivity contribution in [3.63, 3.8) is 0 Å². The fraction of sp³-hybridized carbons (Fsp3) is 0.385. The van der Waals surface area contributed by atoms with Crippen LogP contribution in [0.3, 0.4) is 0 Å². The molecule has 0 aliphatic carbocycles. The minimum Gasteiger partial charge on any atom is -0.443 e. The molecule has 1 aliphatic heterocycles. The Hall–Kier alpha value is -1.88. The lowest BCUT2D eigenvalue weighted by Gasteiger charge is -2.32. The number of piperazine rings is 1. The number of hydrogen-bond acceptors (Lipinski definition) is 4. The monoisotopic (exact) mass is 245 g/mol. The van der Waals surface area contributed by atoms with Crippen LogP contribution in [0.5, 0.6) is 0 Å². The summed E-state index contributed by atoms with van der Waals surface area (Å²) in [6.45, 7) is 3.42. The van der Waals surface area contributed by atoms with Crippen molar-refractivity contribution in [3.8, 4) is 0 Å². The maximum Gasteiger partial charge on any atom is 0.254 e. The van der Waals surface area contributed by atoms with E-state index in [1.807, 2.05) is 4.90 Å². The molecule has 0 saturated carbocycles. The van der Waals surface area contributed by atoms with Crippen LogP contribution >= 0.6 is 0 Å². The van der Waals surface area contributed by atoms with Crippen LogP contribution in [0.1, 0.15) is 10.4 Å². The van der Waals surface area contributed by atoms with Crippen LogP contribution in [0.2, 0.25) is 0 Å². The van der Waals surface area contributed by atoms with Crippen LogP contribution in [0.15, 0.2) is 29.0 Å². The minimum absolute atomic E-state index is 0.0769. The van der Waals surface area contributed by atoms with Crippen LogP contribution in [0.25, 0.3) is 11.1 Å². The Kier molecular flexibility index (Phi) is 2.76. The van der Waals surface area contributed by atoms with Gasteiger partial charge < -0.3 is 14.2 Å². The SMILES string of the molecule is CN1CCN(C(=O)c2ccc3ocnc3c2)CC1. The Morgan fingerprint density at radius 3 is 2.83 bits per heavy atom. The van der Waals surface area contributed by atoms with Gasteiger partial charge >= 0.3 is 0 Å². The summed E-state index contributed by atoms with van der Waals surface area (Å²) < 4.78 is 5.17. The first-order valence-corrected chi connectivity index (χ1v) is 6.05. The van der Waals surface area contributed by atoms with Crippen LogP contribution in [0.4, 0.5) is 0 Å². The summed E-state index contributed by atoms with van der Waals surface area (Å²) >= 11 is 0. The second kappa shape index (κ2) is 4.42. The fourth-order valence-corrected chi connectivity index (χ4v) is 2.18. The molecule has 18 heavy (non-hydrogen) atoms. The number of rotatable bonds is 1. The maximum atomic E-state index is 12.3. The first-order valence-electron chi connectivity index (χ1n) is 6.05. The highest BCUT2D eigenvalue weighted by Gasteiger charge is 2.20. The van der Waals surface area contributed by atoms with Gasteiger partial charge in [-0.1, -0.05) is 0 Å². The third-order valence-electron chi connectivity index (χ3n) is 3.37. The van der Waals surface area contributed by atoms with E-state index in [0.717, 1.165) is 31.7 Å². The summed E-state index contributed by atoms with van der Waals surface area (Å²) in [5.74, 6) is 0.0769. The van der Waals surface area contributed by atoms with E-state index in [4.69, 9.17) is 4.42 Å². The van der Waals surface area contributed by atoms with E-state index in [-0.39, 0.29) is 5.91 Å². The van der Waals surface area contributed by atoms with Crippen molar-refractivity contribution >= 4 is 17.0 Å². The molecule has 2 heterocycles. The quantitative estimate of drug-likeness (QED) is 0.758. The zero-order chi connectivity index (χ0) is 12.5. The van der Waals surface area contributed by atoms with Gasteiger partial charge in [-0.25, -0.2) is 4.98 Å². The van der Waals surface area contributed by atoms with Gasteiger partial charge in [0.25, 0.3) is 5.91 Å². The molecular formula is C13H15N3O2. The van der Waals surface area contributed by atoms with Crippen molar-refractivity contribution in [1.29, 1.82) is 0 Å². The first kappa shape index (κ1) is 11.2. The number of amides is 1. The Morgan fingerprint density at radius 2 is 2.06 bits per heavy atom. The Balaban J connectivity index is 1.82. The van der Waals surface area contributed by atoms with Crippen LogP contribution in [-0.2, 0) is 0 Å². The van der Waals surface area contributed by atoms with Crippen LogP contribution < -0.4 is 0 Å². The molecule has 5 nitrogen and oxygen atoms in total. The Morgan fingerprint density at radius 1 is 1.28 bits per heavy atom. The van der Waals surface area contributed by atoms with Crippen LogP contribution in [-0.4, -0.2) is 53.9 Å². The third kappa shape index (κ3) is 1.97. The highest BCUT2D eigenvalue weighted by molar-refractivity contribution is 5.97. The average molecular weight is 245 g/mol. The molecule has 1 fully saturated rings. The predicted octanol–water partition coefficient (Wildman–Crippen LogP) is 1.22. The van der Waals surface area contributed by atoms with E-state index in [1.165, 1.54) is 6.39 Å². The van der Waals surface area contributed by atoms with Crippen molar-refractivity contribution in [1.82, 2.24) is 14.8 Å². The average Bonchev–Trinajstić information content (AvgIpc) is 2.86. The fourth-order valence-electron chi connectivity index (χ4n) is 2.18. The molecule has 0 radical (unpaired) electrons. The molecule has 2 aromatic rings. The minimum atomic E-state index is 0.0769. The Labute approximate surface area is 105 Å². The number of carbonyl (C=O) groups excluding carboxylic acids is 1. The maximum absolute atomic E-state index is 12.3. The van der Waals surface area contributed by atoms with Crippen molar-refractivity contribution in [2.45, 2.75) is 0 Å². The van der Waals surface area contributed by atoms with Gasteiger partial charge in [-0.05, 0) is 25.2 Å². The lowest BCUT2D eigenvalue weighted by molar-refractivity contribution is 0.0664. The molecular weight excluding hydrogens is 230 g/mol. The molecule has 0 unspecified atom stereocenters. The molecule has 5 heteroatoms. The molecule has 1 aliphatic rings. The van der Waals surface area contributed by atoms with E-state index in [1.54, 1.807) is 18.2 Å². The third-order valence-corrected chi connectivity index (χ3v) is 3.37. The molecule has 1 amide bonds. The normalized spacial score (nSPS) is 17.3. The molecule has 0 spiro atoms. The van der Waals surface area contributed by atoms with E-state index >= 15 is 0 Å². The zero-order valence-corrected chi connectivity index (χ0v) is 10.3. The predicted molar refractivity (Wildman–Crippen MR) is 67.4 cm³/mol. The largest absolute Gasteiger partial charge is 0.443 e. The van der Waals surface area contributed by atoms with Gasteiger partial charge in [0.1, 0.15) is 5.52 Å². The van der Waals surface area contributed by atoms with E-state index < -0.39 is 0 Å². The highest BCUT2D eigenvalue weighted by Crippen LogP contribution is 2.16. The van der Waals surface area contributed by atoms with Gasteiger partial charge in [0.05, 0.1) is 0 Å². The van der Waals surface area contributed by atoms with Gasteiger partial charge in [0.15, 0.2) is 12.0 Å². The lowest BCUT2D eigenvalue weighted by Crippen LogP contribution is -2.47. The summed E-state index contributed by atoms with van der Waals surface area (Å²) in [6.07, 6.45) is 1.40. The second-order valence-electron chi connectivity index (χ2n) is 4.63. The van der Waals surface area contributed by atoms with Crippen molar-refractivity contribution in [2.24, 2.45) is 0 Å². The summed E-state index contributed by atoms with van der Waals surface area (Å²) in [7, 11) is 2.07. The molecule has 1 aromatic heterocycles. The number of oxazole rings is 1. The molecule has 3 rings (SSSR count). The zero-order valence-electron chi connectivity index (χ0n) is 10.3. The summed E-state index contributed by atoms with van der Waals surface area (Å²) in [4.78, 5) is 20.5. The van der Waals surface area contributed by atoms with Crippen molar-refractivity contribution < 1.29 is 9.21 Å². The smallest absolute Gasteiger partial charge is 0.254 e. The topological polar surface area (TPSA) is 49.6 Å². The number of carbonyl (C=O) groups is 1. The van der Waals surface area contributed by atoms with Crippen molar-refractivity contribution in [2.75, 3.05) is 33.2 Å². The summed E-state index contributed by atoms with van der Waals surface area (Å²) in [5, 5.41) is 0. The molecule has 1 saturated heterocycles. The second-order valence-corrected chi connectivity index (χ2v) is 4.63. The van der Waals surface area contributed by atoms with Gasteiger partial charge in [-0.3, -0.25) is 4.79 Å². The van der Waals surface area contributed by atoms with E-state index in [9.17, 15) is 4.79 Å². The summed E-state index contributed by atoms with van der Waals surface area (Å²) in [6, 6.07) is 5.39.